The molecule has 146 valence electrons. The highest BCUT2D eigenvalue weighted by molar-refractivity contribution is 5.33. The molecule has 27 heavy (non-hydrogen) atoms. The maximum Gasteiger partial charge on any atom is 0.255 e. The van der Waals surface area contributed by atoms with E-state index in [4.69, 9.17) is 4.74 Å². The molecule has 0 aliphatic carbocycles. The first-order valence-electron chi connectivity index (χ1n) is 9.04. The third-order valence-corrected chi connectivity index (χ3v) is 4.82. The van der Waals surface area contributed by atoms with Gasteiger partial charge in [-0.05, 0) is 30.5 Å². The van der Waals surface area contributed by atoms with Gasteiger partial charge in [-0.2, -0.15) is 9.37 Å². The van der Waals surface area contributed by atoms with Crippen LogP contribution in [0.15, 0.2) is 30.5 Å². The molecule has 1 aliphatic rings. The van der Waals surface area contributed by atoms with Crippen molar-refractivity contribution in [2.24, 2.45) is 0 Å². The number of ether oxygens (including phenoxy) is 1. The summed E-state index contributed by atoms with van der Waals surface area (Å²) in [5.74, 6) is -0.455. The van der Waals surface area contributed by atoms with Crippen LogP contribution < -0.4 is 9.64 Å². The van der Waals surface area contributed by atoms with Crippen molar-refractivity contribution >= 4 is 5.95 Å². The van der Waals surface area contributed by atoms with Gasteiger partial charge in [-0.25, -0.2) is 9.37 Å². The second-order valence-electron chi connectivity index (χ2n) is 6.48. The van der Waals surface area contributed by atoms with E-state index in [2.05, 4.69) is 14.9 Å². The molecule has 0 spiro atoms. The van der Waals surface area contributed by atoms with E-state index in [9.17, 15) is 13.9 Å². The zero-order valence-corrected chi connectivity index (χ0v) is 15.3. The van der Waals surface area contributed by atoms with Crippen LogP contribution in [0.25, 0.3) is 0 Å². The number of anilines is 1. The van der Waals surface area contributed by atoms with Crippen LogP contribution in [0.5, 0.6) is 5.88 Å². The molecule has 1 aromatic carbocycles. The maximum absolute atomic E-state index is 13.5. The summed E-state index contributed by atoms with van der Waals surface area (Å²) in [7, 11) is 1.38. The minimum Gasteiger partial charge on any atom is -0.479 e. The zero-order chi connectivity index (χ0) is 19.2. The van der Waals surface area contributed by atoms with Crippen molar-refractivity contribution < 1.29 is 18.6 Å². The van der Waals surface area contributed by atoms with E-state index in [-0.39, 0.29) is 24.3 Å². The first kappa shape index (κ1) is 19.4. The number of hydrogen-bond acceptors (Lipinski definition) is 6. The molecular weight excluding hydrogens is 354 g/mol. The second kappa shape index (κ2) is 9.05. The standard InChI is InChI=1S/C19H24F2N4O2/c1-27-18-16(21)13-22-19(23-18)25-10-8-24(9-11-25)17(3-2-12-26)14-4-6-15(20)7-5-14/h4-7,13,17,26H,2-3,8-12H2,1H3. The van der Waals surface area contributed by atoms with Crippen LogP contribution in [-0.2, 0) is 0 Å². The van der Waals surface area contributed by atoms with Gasteiger partial charge in [0.25, 0.3) is 5.88 Å². The van der Waals surface area contributed by atoms with Crippen LogP contribution in [0, 0.1) is 11.6 Å². The third-order valence-electron chi connectivity index (χ3n) is 4.82. The number of halogens is 2. The van der Waals surface area contributed by atoms with E-state index < -0.39 is 5.82 Å². The highest BCUT2D eigenvalue weighted by atomic mass is 19.1. The van der Waals surface area contributed by atoms with Gasteiger partial charge in [-0.1, -0.05) is 12.1 Å². The molecule has 8 heteroatoms. The predicted molar refractivity (Wildman–Crippen MR) is 97.8 cm³/mol. The van der Waals surface area contributed by atoms with E-state index in [1.165, 1.54) is 19.2 Å². The van der Waals surface area contributed by atoms with Gasteiger partial charge in [0.2, 0.25) is 11.8 Å². The summed E-state index contributed by atoms with van der Waals surface area (Å²) in [6, 6.07) is 6.66. The molecule has 1 aliphatic heterocycles. The molecule has 1 aromatic heterocycles. The molecule has 3 rings (SSSR count). The monoisotopic (exact) mass is 378 g/mol. The summed E-state index contributed by atoms with van der Waals surface area (Å²) in [5, 5.41) is 9.22. The Bertz CT molecular complexity index is 737. The van der Waals surface area contributed by atoms with E-state index in [0.29, 0.717) is 25.5 Å². The summed E-state index contributed by atoms with van der Waals surface area (Å²) >= 11 is 0. The maximum atomic E-state index is 13.5. The lowest BCUT2D eigenvalue weighted by molar-refractivity contribution is 0.163. The summed E-state index contributed by atoms with van der Waals surface area (Å²) < 4.78 is 31.7. The van der Waals surface area contributed by atoms with Gasteiger partial charge in [-0.3, -0.25) is 4.90 Å². The van der Waals surface area contributed by atoms with Crippen LogP contribution in [0.4, 0.5) is 14.7 Å². The fraction of sp³-hybridized carbons (Fsp3) is 0.474. The molecule has 1 fully saturated rings. The third kappa shape index (κ3) is 4.70. The molecule has 2 heterocycles. The molecule has 0 saturated carbocycles. The number of aliphatic hydroxyl groups excluding tert-OH is 1. The lowest BCUT2D eigenvalue weighted by Gasteiger charge is -2.39. The van der Waals surface area contributed by atoms with E-state index in [1.807, 2.05) is 4.90 Å². The lowest BCUT2D eigenvalue weighted by Crippen LogP contribution is -2.48. The summed E-state index contributed by atoms with van der Waals surface area (Å²) in [6.45, 7) is 3.02. The Labute approximate surface area is 157 Å². The van der Waals surface area contributed by atoms with Crippen LogP contribution in [-0.4, -0.2) is 59.9 Å². The molecule has 0 amide bonds. The summed E-state index contributed by atoms with van der Waals surface area (Å²) in [4.78, 5) is 12.5. The lowest BCUT2D eigenvalue weighted by atomic mass is 9.99. The smallest absolute Gasteiger partial charge is 0.255 e. The fourth-order valence-corrected chi connectivity index (χ4v) is 3.40. The second-order valence-corrected chi connectivity index (χ2v) is 6.48. The van der Waals surface area contributed by atoms with Crippen LogP contribution >= 0.6 is 0 Å². The van der Waals surface area contributed by atoms with Crippen molar-refractivity contribution in [3.63, 3.8) is 0 Å². The van der Waals surface area contributed by atoms with E-state index in [0.717, 1.165) is 31.3 Å². The Kier molecular flexibility index (Phi) is 6.52. The number of piperazine rings is 1. The molecule has 0 bridgehead atoms. The largest absolute Gasteiger partial charge is 0.479 e. The quantitative estimate of drug-likeness (QED) is 0.798. The minimum absolute atomic E-state index is 0.0606. The average molecular weight is 378 g/mol. The molecule has 1 unspecified atom stereocenters. The van der Waals surface area contributed by atoms with Gasteiger partial charge in [0.05, 0.1) is 13.3 Å². The Morgan fingerprint density at radius 1 is 1.15 bits per heavy atom. The Morgan fingerprint density at radius 3 is 2.48 bits per heavy atom. The van der Waals surface area contributed by atoms with Gasteiger partial charge in [-0.15, -0.1) is 0 Å². The topological polar surface area (TPSA) is 61.7 Å². The Morgan fingerprint density at radius 2 is 1.85 bits per heavy atom. The molecule has 1 atom stereocenters. The fourth-order valence-electron chi connectivity index (χ4n) is 3.40. The van der Waals surface area contributed by atoms with Gasteiger partial charge < -0.3 is 14.7 Å². The normalized spacial score (nSPS) is 16.4. The van der Waals surface area contributed by atoms with Crippen molar-refractivity contribution in [1.82, 2.24) is 14.9 Å². The van der Waals surface area contributed by atoms with Gasteiger partial charge in [0, 0.05) is 38.8 Å². The summed E-state index contributed by atoms with van der Waals surface area (Å²) in [6.07, 6.45) is 2.60. The van der Waals surface area contributed by atoms with Crippen LogP contribution in [0.3, 0.4) is 0 Å². The molecule has 0 radical (unpaired) electrons. The summed E-state index contributed by atoms with van der Waals surface area (Å²) in [5.41, 5.74) is 1.04. The SMILES string of the molecule is COc1nc(N2CCN(C(CCCO)c3ccc(F)cc3)CC2)ncc1F. The van der Waals surface area contributed by atoms with Crippen molar-refractivity contribution in [3.05, 3.63) is 47.7 Å². The highest BCUT2D eigenvalue weighted by Crippen LogP contribution is 2.28. The number of aliphatic hydroxyl groups is 1. The van der Waals surface area contributed by atoms with Crippen molar-refractivity contribution in [1.29, 1.82) is 0 Å². The van der Waals surface area contributed by atoms with Gasteiger partial charge in [0.1, 0.15) is 5.82 Å². The number of nitrogens with zero attached hydrogens (tertiary/aromatic N) is 4. The van der Waals surface area contributed by atoms with Crippen molar-refractivity contribution in [3.8, 4) is 5.88 Å². The van der Waals surface area contributed by atoms with Gasteiger partial charge >= 0.3 is 0 Å². The molecule has 2 aromatic rings. The number of hydrogen-bond donors (Lipinski definition) is 1. The number of aromatic nitrogens is 2. The van der Waals surface area contributed by atoms with Crippen molar-refractivity contribution in [2.75, 3.05) is 44.8 Å². The van der Waals surface area contributed by atoms with Gasteiger partial charge in [0.15, 0.2) is 0 Å². The number of rotatable bonds is 7. The number of methoxy groups -OCH3 is 1. The zero-order valence-electron chi connectivity index (χ0n) is 15.3. The predicted octanol–water partition coefficient (Wildman–Crippen LogP) is 2.40. The van der Waals surface area contributed by atoms with Crippen LogP contribution in [0.1, 0.15) is 24.4 Å². The number of benzene rings is 1. The van der Waals surface area contributed by atoms with E-state index in [1.54, 1.807) is 12.1 Å². The van der Waals surface area contributed by atoms with Crippen molar-refractivity contribution in [2.45, 2.75) is 18.9 Å². The first-order valence-corrected chi connectivity index (χ1v) is 9.04. The molecule has 6 nitrogen and oxygen atoms in total. The highest BCUT2D eigenvalue weighted by Gasteiger charge is 2.26. The Balaban J connectivity index is 1.69. The Hall–Kier alpha value is -2.32. The minimum atomic E-state index is -0.583. The average Bonchev–Trinajstić information content (AvgIpc) is 2.70. The molecular formula is C19H24F2N4O2. The molecule has 1 N–H and O–H groups in total. The first-order chi connectivity index (χ1) is 13.1. The molecule has 1 saturated heterocycles. The van der Waals surface area contributed by atoms with E-state index >= 15 is 0 Å². The van der Waals surface area contributed by atoms with Crippen LogP contribution in [0.2, 0.25) is 0 Å².